The van der Waals surface area contributed by atoms with Gasteiger partial charge in [0.05, 0.1) is 23.3 Å². The minimum Gasteiger partial charge on any atom is -0.339 e. The second kappa shape index (κ2) is 8.34. The molecule has 4 aromatic rings. The van der Waals surface area contributed by atoms with E-state index in [0.717, 1.165) is 36.0 Å². The summed E-state index contributed by atoms with van der Waals surface area (Å²) in [6, 6.07) is 14.9. The lowest BCUT2D eigenvalue weighted by atomic mass is 10.0. The van der Waals surface area contributed by atoms with Crippen LogP contribution in [-0.4, -0.2) is 48.3 Å². The number of rotatable bonds is 5. The molecule has 1 aliphatic rings. The molecular formula is C23H24FN5OS. The molecule has 1 aliphatic heterocycles. The Bertz CT molecular complexity index is 1230. The number of thioether (sulfide) groups is 1. The van der Waals surface area contributed by atoms with Crippen LogP contribution in [0.4, 0.5) is 4.39 Å². The summed E-state index contributed by atoms with van der Waals surface area (Å²) in [6.45, 7) is 3.52. The highest BCUT2D eigenvalue weighted by molar-refractivity contribution is 7.99. The van der Waals surface area contributed by atoms with Gasteiger partial charge < -0.3 is 9.47 Å². The van der Waals surface area contributed by atoms with E-state index in [9.17, 15) is 9.18 Å². The Balaban J connectivity index is 1.45. The molecule has 1 fully saturated rings. The molecule has 0 radical (unpaired) electrons. The van der Waals surface area contributed by atoms with Crippen molar-refractivity contribution in [1.29, 1.82) is 0 Å². The van der Waals surface area contributed by atoms with E-state index in [4.69, 9.17) is 0 Å². The van der Waals surface area contributed by atoms with Gasteiger partial charge in [-0.05, 0) is 56.0 Å². The molecule has 160 valence electrons. The Kier molecular flexibility index (Phi) is 5.40. The Morgan fingerprint density at radius 3 is 2.65 bits per heavy atom. The topological polar surface area (TPSA) is 55.4 Å². The summed E-state index contributed by atoms with van der Waals surface area (Å²) in [5.41, 5.74) is 3.00. The van der Waals surface area contributed by atoms with Crippen LogP contribution in [0.15, 0.2) is 53.7 Å². The summed E-state index contributed by atoms with van der Waals surface area (Å²) in [6.07, 6.45) is 3.34. The van der Waals surface area contributed by atoms with E-state index < -0.39 is 0 Å². The van der Waals surface area contributed by atoms with Crippen LogP contribution in [0.25, 0.3) is 16.8 Å². The molecular weight excluding hydrogens is 413 g/mol. The average Bonchev–Trinajstić information content (AvgIpc) is 3.33. The zero-order valence-electron chi connectivity index (χ0n) is 17.4. The van der Waals surface area contributed by atoms with Crippen molar-refractivity contribution < 1.29 is 9.18 Å². The van der Waals surface area contributed by atoms with Gasteiger partial charge in [-0.3, -0.25) is 9.20 Å². The maximum absolute atomic E-state index is 13.3. The van der Waals surface area contributed by atoms with Crippen LogP contribution in [0.1, 0.15) is 31.7 Å². The van der Waals surface area contributed by atoms with Crippen molar-refractivity contribution in [3.63, 3.8) is 0 Å². The molecule has 0 saturated carbocycles. The van der Waals surface area contributed by atoms with E-state index in [1.54, 1.807) is 12.1 Å². The molecule has 1 saturated heterocycles. The number of benzene rings is 2. The third kappa shape index (κ3) is 3.80. The zero-order chi connectivity index (χ0) is 21.4. The van der Waals surface area contributed by atoms with Crippen LogP contribution in [0.2, 0.25) is 0 Å². The van der Waals surface area contributed by atoms with Gasteiger partial charge in [-0.1, -0.05) is 36.0 Å². The fourth-order valence-electron chi connectivity index (χ4n) is 4.34. The molecule has 8 heteroatoms. The first-order chi connectivity index (χ1) is 15.1. The molecule has 1 unspecified atom stereocenters. The van der Waals surface area contributed by atoms with Gasteiger partial charge >= 0.3 is 0 Å². The van der Waals surface area contributed by atoms with E-state index in [1.165, 1.54) is 30.3 Å². The third-order valence-electron chi connectivity index (χ3n) is 5.97. The number of fused-ring (bicyclic) bond motifs is 3. The fourth-order valence-corrected chi connectivity index (χ4v) is 5.16. The van der Waals surface area contributed by atoms with Gasteiger partial charge in [0.2, 0.25) is 11.7 Å². The summed E-state index contributed by atoms with van der Waals surface area (Å²) in [7, 11) is 0. The van der Waals surface area contributed by atoms with Crippen LogP contribution in [0, 0.1) is 5.82 Å². The number of hydrogen-bond acceptors (Lipinski definition) is 4. The van der Waals surface area contributed by atoms with Gasteiger partial charge in [0.15, 0.2) is 5.16 Å². The summed E-state index contributed by atoms with van der Waals surface area (Å²) >= 11 is 1.43. The van der Waals surface area contributed by atoms with E-state index in [2.05, 4.69) is 21.7 Å². The molecule has 1 amide bonds. The van der Waals surface area contributed by atoms with Crippen molar-refractivity contribution in [3.05, 3.63) is 59.9 Å². The second-order valence-corrected chi connectivity index (χ2v) is 8.98. The van der Waals surface area contributed by atoms with Crippen LogP contribution in [0.3, 0.4) is 0 Å². The summed E-state index contributed by atoms with van der Waals surface area (Å²) in [5, 5.41) is 9.52. The molecule has 0 bridgehead atoms. The number of aromatic nitrogens is 4. The van der Waals surface area contributed by atoms with Crippen molar-refractivity contribution in [3.8, 4) is 0 Å². The molecule has 2 aromatic heterocycles. The van der Waals surface area contributed by atoms with Gasteiger partial charge in [-0.25, -0.2) is 4.39 Å². The van der Waals surface area contributed by atoms with Crippen molar-refractivity contribution in [2.45, 2.75) is 43.9 Å². The number of carbonyl (C=O) groups excluding carboxylic acids is 1. The van der Waals surface area contributed by atoms with Gasteiger partial charge in [0.25, 0.3) is 0 Å². The first kappa shape index (κ1) is 20.1. The van der Waals surface area contributed by atoms with Crippen molar-refractivity contribution in [2.24, 2.45) is 0 Å². The van der Waals surface area contributed by atoms with Crippen molar-refractivity contribution in [1.82, 2.24) is 24.1 Å². The number of halogens is 1. The van der Waals surface area contributed by atoms with Gasteiger partial charge in [-0.15, -0.1) is 10.2 Å². The lowest BCUT2D eigenvalue weighted by molar-refractivity contribution is -0.131. The van der Waals surface area contributed by atoms with Crippen molar-refractivity contribution >= 4 is 34.5 Å². The number of hydrogen-bond donors (Lipinski definition) is 0. The Labute approximate surface area is 184 Å². The SMILES string of the molecule is CC1CCCCN1C(=O)CSc1nnc2n(Cc3ccc(F)cc3)c3ccccc3n12. The normalized spacial score (nSPS) is 17.0. The highest BCUT2D eigenvalue weighted by Gasteiger charge is 2.24. The molecule has 3 heterocycles. The molecule has 5 rings (SSSR count). The number of imidazole rings is 1. The van der Waals surface area contributed by atoms with Crippen LogP contribution >= 0.6 is 11.8 Å². The summed E-state index contributed by atoms with van der Waals surface area (Å²) in [5.74, 6) is 0.971. The van der Waals surface area contributed by atoms with Gasteiger partial charge in [-0.2, -0.15) is 0 Å². The average molecular weight is 438 g/mol. The van der Waals surface area contributed by atoms with Crippen LogP contribution in [0.5, 0.6) is 0 Å². The van der Waals surface area contributed by atoms with Crippen LogP contribution < -0.4 is 0 Å². The maximum Gasteiger partial charge on any atom is 0.237 e. The van der Waals surface area contributed by atoms with Crippen LogP contribution in [-0.2, 0) is 11.3 Å². The Morgan fingerprint density at radius 2 is 1.87 bits per heavy atom. The minimum absolute atomic E-state index is 0.156. The largest absolute Gasteiger partial charge is 0.339 e. The number of piperidine rings is 1. The number of carbonyl (C=O) groups is 1. The lowest BCUT2D eigenvalue weighted by Crippen LogP contribution is -2.42. The van der Waals surface area contributed by atoms with E-state index >= 15 is 0 Å². The molecule has 6 nitrogen and oxygen atoms in total. The molecule has 0 aliphatic carbocycles. The van der Waals surface area contributed by atoms with E-state index in [0.29, 0.717) is 29.3 Å². The van der Waals surface area contributed by atoms with E-state index in [-0.39, 0.29) is 11.7 Å². The fraction of sp³-hybridized carbons (Fsp3) is 0.348. The smallest absolute Gasteiger partial charge is 0.237 e. The monoisotopic (exact) mass is 437 g/mol. The molecule has 31 heavy (non-hydrogen) atoms. The first-order valence-electron chi connectivity index (χ1n) is 10.6. The predicted molar refractivity (Wildman–Crippen MR) is 120 cm³/mol. The second-order valence-electron chi connectivity index (χ2n) is 8.04. The minimum atomic E-state index is -0.250. The standard InChI is InChI=1S/C23H24FN5OS/c1-16-6-4-5-13-27(16)21(30)15-31-23-26-25-22-28(14-17-9-11-18(24)12-10-17)19-7-2-3-8-20(19)29(22)23/h2-3,7-12,16H,4-6,13-15H2,1H3. The lowest BCUT2D eigenvalue weighted by Gasteiger charge is -2.33. The Hall–Kier alpha value is -2.87. The number of likely N-dealkylation sites (tertiary alicyclic amines) is 1. The number of amides is 1. The first-order valence-corrected chi connectivity index (χ1v) is 11.6. The van der Waals surface area contributed by atoms with Gasteiger partial charge in [0.1, 0.15) is 5.82 Å². The summed E-state index contributed by atoms with van der Waals surface area (Å²) in [4.78, 5) is 14.8. The highest BCUT2D eigenvalue weighted by atomic mass is 32.2. The molecule has 0 spiro atoms. The number of nitrogens with zero attached hydrogens (tertiary/aromatic N) is 5. The highest BCUT2D eigenvalue weighted by Crippen LogP contribution is 2.27. The molecule has 0 N–H and O–H groups in total. The van der Waals surface area contributed by atoms with E-state index in [1.807, 2.05) is 33.6 Å². The number of para-hydroxylation sites is 2. The predicted octanol–water partition coefficient (Wildman–Crippen LogP) is 4.36. The quantitative estimate of drug-likeness (QED) is 0.435. The van der Waals surface area contributed by atoms with Gasteiger partial charge in [0, 0.05) is 12.6 Å². The molecule has 2 aromatic carbocycles. The molecule has 1 atom stereocenters. The maximum atomic E-state index is 13.3. The zero-order valence-corrected chi connectivity index (χ0v) is 18.2. The Morgan fingerprint density at radius 1 is 1.10 bits per heavy atom. The van der Waals surface area contributed by atoms with Crippen molar-refractivity contribution in [2.75, 3.05) is 12.3 Å². The third-order valence-corrected chi connectivity index (χ3v) is 6.89. The summed E-state index contributed by atoms with van der Waals surface area (Å²) < 4.78 is 17.4.